The average molecular weight is 391 g/mol. The van der Waals surface area contributed by atoms with Crippen molar-refractivity contribution in [2.45, 2.75) is 6.54 Å². The van der Waals surface area contributed by atoms with Crippen LogP contribution in [0.2, 0.25) is 0 Å². The van der Waals surface area contributed by atoms with Gasteiger partial charge in [0, 0.05) is 44.4 Å². The predicted molar refractivity (Wildman–Crippen MR) is 106 cm³/mol. The van der Waals surface area contributed by atoms with Crippen LogP contribution in [0.5, 0.6) is 11.5 Å². The number of methoxy groups -OCH3 is 2. The van der Waals surface area contributed by atoms with Crippen LogP contribution >= 0.6 is 11.3 Å². The third kappa shape index (κ3) is 5.45. The van der Waals surface area contributed by atoms with Gasteiger partial charge in [-0.15, -0.1) is 0 Å². The highest BCUT2D eigenvalue weighted by Gasteiger charge is 2.20. The molecule has 0 unspecified atom stereocenters. The van der Waals surface area contributed by atoms with Crippen LogP contribution < -0.4 is 9.47 Å². The molecule has 0 N–H and O–H groups in total. The fourth-order valence-electron chi connectivity index (χ4n) is 3.06. The van der Waals surface area contributed by atoms with E-state index in [4.69, 9.17) is 14.2 Å². The monoisotopic (exact) mass is 390 g/mol. The Labute approximate surface area is 164 Å². The molecule has 27 heavy (non-hydrogen) atoms. The summed E-state index contributed by atoms with van der Waals surface area (Å²) in [5.41, 5.74) is 1.72. The molecule has 0 radical (unpaired) electrons. The van der Waals surface area contributed by atoms with Crippen molar-refractivity contribution in [2.24, 2.45) is 0 Å². The molecule has 1 aromatic carbocycles. The summed E-state index contributed by atoms with van der Waals surface area (Å²) in [6, 6.07) is 7.36. The summed E-state index contributed by atoms with van der Waals surface area (Å²) in [5.74, 6) is 1.20. The number of carbonyl (C=O) groups excluding carboxylic acids is 1. The Morgan fingerprint density at radius 1 is 1.19 bits per heavy atom. The number of nitrogens with zero attached hydrogens (tertiary/aromatic N) is 2. The van der Waals surface area contributed by atoms with E-state index in [1.54, 1.807) is 43.8 Å². The van der Waals surface area contributed by atoms with Crippen LogP contribution in [0.25, 0.3) is 0 Å². The van der Waals surface area contributed by atoms with Crippen molar-refractivity contribution in [2.75, 3.05) is 53.6 Å². The number of hydrogen-bond acceptors (Lipinski definition) is 6. The van der Waals surface area contributed by atoms with E-state index < -0.39 is 0 Å². The van der Waals surface area contributed by atoms with Crippen LogP contribution in [0.4, 0.5) is 0 Å². The van der Waals surface area contributed by atoms with Crippen LogP contribution in [0.3, 0.4) is 0 Å². The lowest BCUT2D eigenvalue weighted by atomic mass is 10.1. The normalized spacial score (nSPS) is 14.7. The first-order chi connectivity index (χ1) is 13.2. The van der Waals surface area contributed by atoms with E-state index in [2.05, 4.69) is 16.3 Å². The lowest BCUT2D eigenvalue weighted by Crippen LogP contribution is -2.42. The molecule has 2 aromatic rings. The minimum Gasteiger partial charge on any atom is -0.497 e. The molecule has 1 fully saturated rings. The lowest BCUT2D eigenvalue weighted by molar-refractivity contribution is 0.0320. The summed E-state index contributed by atoms with van der Waals surface area (Å²) in [6.45, 7) is 5.42. The molecular formula is C20H26N2O4S. The lowest BCUT2D eigenvalue weighted by Gasteiger charge is -2.30. The summed E-state index contributed by atoms with van der Waals surface area (Å²) < 4.78 is 16.0. The van der Waals surface area contributed by atoms with Gasteiger partial charge in [0.15, 0.2) is 0 Å². The van der Waals surface area contributed by atoms with Gasteiger partial charge >= 0.3 is 0 Å². The smallest absolute Gasteiger partial charge is 0.254 e. The molecule has 1 amide bonds. The Balaban J connectivity index is 1.76. The number of amides is 1. The van der Waals surface area contributed by atoms with Crippen molar-refractivity contribution in [1.82, 2.24) is 9.80 Å². The third-order valence-corrected chi connectivity index (χ3v) is 5.36. The summed E-state index contributed by atoms with van der Waals surface area (Å²) in [6.07, 6.45) is 0. The van der Waals surface area contributed by atoms with Crippen LogP contribution in [0.1, 0.15) is 15.9 Å². The van der Waals surface area contributed by atoms with Crippen LogP contribution in [0.15, 0.2) is 35.0 Å². The maximum atomic E-state index is 13.3. The molecule has 6 nitrogen and oxygen atoms in total. The summed E-state index contributed by atoms with van der Waals surface area (Å²) >= 11 is 1.64. The van der Waals surface area contributed by atoms with Crippen molar-refractivity contribution in [3.63, 3.8) is 0 Å². The Morgan fingerprint density at radius 2 is 1.89 bits per heavy atom. The van der Waals surface area contributed by atoms with Crippen LogP contribution in [0, 0.1) is 0 Å². The first-order valence-electron chi connectivity index (χ1n) is 9.03. The van der Waals surface area contributed by atoms with Gasteiger partial charge in [-0.05, 0) is 34.5 Å². The molecule has 1 saturated heterocycles. The van der Waals surface area contributed by atoms with E-state index >= 15 is 0 Å². The van der Waals surface area contributed by atoms with Crippen molar-refractivity contribution in [3.8, 4) is 11.5 Å². The number of benzene rings is 1. The van der Waals surface area contributed by atoms with Gasteiger partial charge in [-0.25, -0.2) is 0 Å². The zero-order chi connectivity index (χ0) is 19.1. The molecule has 0 saturated carbocycles. The standard InChI is InChI=1S/C20H26N2O4S/c1-24-18-11-17(12-19(13-18)25-2)20(23)22(14-16-3-10-27-15-16)5-4-21-6-8-26-9-7-21/h3,10-13,15H,4-9,14H2,1-2H3. The summed E-state index contributed by atoms with van der Waals surface area (Å²) in [7, 11) is 3.18. The van der Waals surface area contributed by atoms with Crippen molar-refractivity contribution < 1.29 is 19.0 Å². The largest absolute Gasteiger partial charge is 0.497 e. The van der Waals surface area contributed by atoms with E-state index in [9.17, 15) is 4.79 Å². The van der Waals surface area contributed by atoms with E-state index in [1.807, 2.05) is 10.3 Å². The maximum Gasteiger partial charge on any atom is 0.254 e. The molecule has 0 spiro atoms. The Kier molecular flexibility index (Phi) is 7.09. The number of ether oxygens (including phenoxy) is 3. The van der Waals surface area contributed by atoms with Crippen molar-refractivity contribution in [1.29, 1.82) is 0 Å². The summed E-state index contributed by atoms with van der Waals surface area (Å²) in [4.78, 5) is 17.5. The maximum absolute atomic E-state index is 13.3. The topological polar surface area (TPSA) is 51.2 Å². The molecular weight excluding hydrogens is 364 g/mol. The molecule has 0 bridgehead atoms. The van der Waals surface area contributed by atoms with Crippen LogP contribution in [-0.2, 0) is 11.3 Å². The quantitative estimate of drug-likeness (QED) is 0.694. The second kappa shape index (κ2) is 9.73. The molecule has 3 rings (SSSR count). The Hall–Kier alpha value is -2.09. The molecule has 1 aromatic heterocycles. The van der Waals surface area contributed by atoms with E-state index in [0.29, 0.717) is 30.2 Å². The third-order valence-electron chi connectivity index (χ3n) is 4.63. The molecule has 146 valence electrons. The minimum absolute atomic E-state index is 0.0216. The van der Waals surface area contributed by atoms with E-state index in [-0.39, 0.29) is 5.91 Å². The Bertz CT molecular complexity index is 707. The SMILES string of the molecule is COc1cc(OC)cc(C(=O)N(CCN2CCOCC2)Cc2ccsc2)c1. The first-order valence-corrected chi connectivity index (χ1v) is 9.97. The second-order valence-electron chi connectivity index (χ2n) is 6.41. The number of thiophene rings is 1. The highest BCUT2D eigenvalue weighted by atomic mass is 32.1. The number of hydrogen-bond donors (Lipinski definition) is 0. The molecule has 1 aliphatic rings. The van der Waals surface area contributed by atoms with Gasteiger partial charge in [0.2, 0.25) is 0 Å². The fraction of sp³-hybridized carbons (Fsp3) is 0.450. The zero-order valence-electron chi connectivity index (χ0n) is 15.8. The number of morpholine rings is 1. The van der Waals surface area contributed by atoms with E-state index in [0.717, 1.165) is 38.4 Å². The van der Waals surface area contributed by atoms with Gasteiger partial charge in [0.1, 0.15) is 11.5 Å². The molecule has 0 aliphatic carbocycles. The number of rotatable bonds is 8. The fourth-order valence-corrected chi connectivity index (χ4v) is 3.72. The predicted octanol–water partition coefficient (Wildman–Crippen LogP) is 2.74. The van der Waals surface area contributed by atoms with Gasteiger partial charge in [-0.3, -0.25) is 9.69 Å². The highest BCUT2D eigenvalue weighted by Crippen LogP contribution is 2.24. The highest BCUT2D eigenvalue weighted by molar-refractivity contribution is 7.07. The molecule has 0 atom stereocenters. The number of carbonyl (C=O) groups is 1. The van der Waals surface area contributed by atoms with Gasteiger partial charge < -0.3 is 19.1 Å². The minimum atomic E-state index is -0.0216. The molecule has 7 heteroatoms. The van der Waals surface area contributed by atoms with Gasteiger partial charge in [0.05, 0.1) is 27.4 Å². The van der Waals surface area contributed by atoms with Crippen LogP contribution in [-0.4, -0.2) is 69.3 Å². The second-order valence-corrected chi connectivity index (χ2v) is 7.19. The van der Waals surface area contributed by atoms with Crippen molar-refractivity contribution in [3.05, 3.63) is 46.2 Å². The average Bonchev–Trinajstić information content (AvgIpc) is 3.24. The first kappa shape index (κ1) is 19.7. The van der Waals surface area contributed by atoms with Gasteiger partial charge in [0.25, 0.3) is 5.91 Å². The zero-order valence-corrected chi connectivity index (χ0v) is 16.7. The molecule has 1 aliphatic heterocycles. The summed E-state index contributed by atoms with van der Waals surface area (Å²) in [5, 5.41) is 4.12. The van der Waals surface area contributed by atoms with Crippen molar-refractivity contribution >= 4 is 17.2 Å². The molecule has 2 heterocycles. The van der Waals surface area contributed by atoms with Gasteiger partial charge in [-0.1, -0.05) is 0 Å². The van der Waals surface area contributed by atoms with Gasteiger partial charge in [-0.2, -0.15) is 11.3 Å². The Morgan fingerprint density at radius 3 is 2.48 bits per heavy atom. The van der Waals surface area contributed by atoms with E-state index in [1.165, 1.54) is 0 Å².